The highest BCUT2D eigenvalue weighted by Gasteiger charge is 2.15. The maximum Gasteiger partial charge on any atom is 0.302 e. The molecule has 0 aliphatic rings. The number of esters is 1. The molecule has 6 heteroatoms. The lowest BCUT2D eigenvalue weighted by molar-refractivity contribution is -0.384. The second-order valence-corrected chi connectivity index (χ2v) is 4.93. The van der Waals surface area contributed by atoms with E-state index >= 15 is 0 Å². The Hall–Kier alpha value is -2.21. The van der Waals surface area contributed by atoms with Crippen molar-refractivity contribution in [2.75, 3.05) is 6.61 Å². The van der Waals surface area contributed by atoms with E-state index in [0.717, 1.165) is 5.57 Å². The predicted octanol–water partition coefficient (Wildman–Crippen LogP) is 2.77. The molecule has 0 aliphatic carbocycles. The maximum atomic E-state index is 10.7. The van der Waals surface area contributed by atoms with Gasteiger partial charge in [0.05, 0.1) is 17.6 Å². The number of carbonyl (C=O) groups is 1. The first-order chi connectivity index (χ1) is 9.81. The maximum absolute atomic E-state index is 10.7. The van der Waals surface area contributed by atoms with E-state index in [2.05, 4.69) is 6.58 Å². The third-order valence-corrected chi connectivity index (χ3v) is 3.18. The van der Waals surface area contributed by atoms with Gasteiger partial charge in [0.25, 0.3) is 5.69 Å². The summed E-state index contributed by atoms with van der Waals surface area (Å²) >= 11 is 0. The molecule has 6 nitrogen and oxygen atoms in total. The standard InChI is InChI=1S/C15H19NO5/c1-10(11(2)9-21-12(3)17)8-15(18)13-4-6-14(7-5-13)16(19)20/h4-7,11,15,18H,1,8-9H2,2-3H3/t11-,15-/m1/s1. The van der Waals surface area contributed by atoms with Gasteiger partial charge >= 0.3 is 5.97 Å². The normalized spacial score (nSPS) is 13.3. The first-order valence-electron chi connectivity index (χ1n) is 6.54. The number of ether oxygens (including phenoxy) is 1. The van der Waals surface area contributed by atoms with Crippen molar-refractivity contribution in [3.8, 4) is 0 Å². The summed E-state index contributed by atoms with van der Waals surface area (Å²) in [5, 5.41) is 20.7. The molecular weight excluding hydrogens is 274 g/mol. The second kappa shape index (κ2) is 7.54. The van der Waals surface area contributed by atoms with Crippen LogP contribution in [0.5, 0.6) is 0 Å². The van der Waals surface area contributed by atoms with Crippen molar-refractivity contribution in [2.45, 2.75) is 26.4 Å². The van der Waals surface area contributed by atoms with Gasteiger partial charge in [0.2, 0.25) is 0 Å². The number of nitro groups is 1. The molecule has 0 saturated heterocycles. The fraction of sp³-hybridized carbons (Fsp3) is 0.400. The number of non-ortho nitro benzene ring substituents is 1. The zero-order valence-corrected chi connectivity index (χ0v) is 12.1. The van der Waals surface area contributed by atoms with Crippen LogP contribution in [0.25, 0.3) is 0 Å². The molecule has 0 radical (unpaired) electrons. The number of aliphatic hydroxyl groups excluding tert-OH is 1. The first-order valence-corrected chi connectivity index (χ1v) is 6.54. The minimum absolute atomic E-state index is 0.0204. The van der Waals surface area contributed by atoms with Crippen LogP contribution in [0.4, 0.5) is 5.69 Å². The van der Waals surface area contributed by atoms with Crippen molar-refractivity contribution in [2.24, 2.45) is 5.92 Å². The van der Waals surface area contributed by atoms with Crippen LogP contribution in [0, 0.1) is 16.0 Å². The molecule has 0 aliphatic heterocycles. The molecule has 1 aromatic carbocycles. The predicted molar refractivity (Wildman–Crippen MR) is 77.6 cm³/mol. The SMILES string of the molecule is C=C(C[C@@H](O)c1ccc([N+](=O)[O-])cc1)[C@H](C)COC(C)=O. The summed E-state index contributed by atoms with van der Waals surface area (Å²) in [6.07, 6.45) is -0.488. The van der Waals surface area contributed by atoms with Gasteiger partial charge in [-0.1, -0.05) is 19.1 Å². The lowest BCUT2D eigenvalue weighted by atomic mass is 9.94. The molecule has 0 aromatic heterocycles. The number of carbonyl (C=O) groups excluding carboxylic acids is 1. The molecular formula is C15H19NO5. The summed E-state index contributed by atoms with van der Waals surface area (Å²) in [6, 6.07) is 5.74. The molecule has 0 amide bonds. The van der Waals surface area contributed by atoms with E-state index in [1.165, 1.54) is 31.2 Å². The van der Waals surface area contributed by atoms with Crippen molar-refractivity contribution >= 4 is 11.7 Å². The van der Waals surface area contributed by atoms with Crippen molar-refractivity contribution < 1.29 is 19.6 Å². The molecule has 0 unspecified atom stereocenters. The fourth-order valence-electron chi connectivity index (χ4n) is 1.75. The van der Waals surface area contributed by atoms with E-state index in [4.69, 9.17) is 4.74 Å². The minimum atomic E-state index is -0.793. The second-order valence-electron chi connectivity index (χ2n) is 4.93. The smallest absolute Gasteiger partial charge is 0.302 e. The summed E-state index contributed by atoms with van der Waals surface area (Å²) in [4.78, 5) is 20.8. The zero-order chi connectivity index (χ0) is 16.0. The number of aliphatic hydroxyl groups is 1. The van der Waals surface area contributed by atoms with Crippen LogP contribution < -0.4 is 0 Å². The van der Waals surface area contributed by atoms with Crippen LogP contribution >= 0.6 is 0 Å². The van der Waals surface area contributed by atoms with Gasteiger partial charge in [-0.3, -0.25) is 14.9 Å². The van der Waals surface area contributed by atoms with E-state index in [-0.39, 0.29) is 24.2 Å². The summed E-state index contributed by atoms with van der Waals surface area (Å²) in [6.45, 7) is 7.30. The Labute approximate surface area is 123 Å². The van der Waals surface area contributed by atoms with E-state index in [9.17, 15) is 20.0 Å². The summed E-state index contributed by atoms with van der Waals surface area (Å²) in [5.41, 5.74) is 1.32. The average molecular weight is 293 g/mol. The highest BCUT2D eigenvalue weighted by atomic mass is 16.6. The number of rotatable bonds is 7. The minimum Gasteiger partial charge on any atom is -0.465 e. The van der Waals surface area contributed by atoms with E-state index < -0.39 is 11.0 Å². The highest BCUT2D eigenvalue weighted by Crippen LogP contribution is 2.25. The van der Waals surface area contributed by atoms with Crippen molar-refractivity contribution in [1.29, 1.82) is 0 Å². The Kier molecular flexibility index (Phi) is 6.05. The molecule has 0 heterocycles. The van der Waals surface area contributed by atoms with Crippen LogP contribution in [0.15, 0.2) is 36.4 Å². The topological polar surface area (TPSA) is 89.7 Å². The van der Waals surface area contributed by atoms with Crippen LogP contribution in [-0.2, 0) is 9.53 Å². The van der Waals surface area contributed by atoms with Gasteiger partial charge in [0, 0.05) is 25.0 Å². The lowest BCUT2D eigenvalue weighted by Crippen LogP contribution is -2.13. The van der Waals surface area contributed by atoms with E-state index in [0.29, 0.717) is 12.0 Å². The van der Waals surface area contributed by atoms with Crippen LogP contribution in [0.2, 0.25) is 0 Å². The number of benzene rings is 1. The Morgan fingerprint density at radius 3 is 2.48 bits per heavy atom. The Bertz CT molecular complexity index is 523. The Morgan fingerprint density at radius 2 is 2.00 bits per heavy atom. The van der Waals surface area contributed by atoms with Crippen LogP contribution in [0.3, 0.4) is 0 Å². The summed E-state index contributed by atoms with van der Waals surface area (Å²) in [5.74, 6) is -0.424. The lowest BCUT2D eigenvalue weighted by Gasteiger charge is -2.18. The average Bonchev–Trinajstić information content (AvgIpc) is 2.44. The summed E-state index contributed by atoms with van der Waals surface area (Å²) < 4.78 is 4.90. The molecule has 1 aromatic rings. The van der Waals surface area contributed by atoms with Gasteiger partial charge in [0.1, 0.15) is 0 Å². The monoisotopic (exact) mass is 293 g/mol. The van der Waals surface area contributed by atoms with Gasteiger partial charge in [-0.2, -0.15) is 0 Å². The molecule has 0 fully saturated rings. The van der Waals surface area contributed by atoms with Crippen molar-refractivity contribution in [3.05, 3.63) is 52.1 Å². The van der Waals surface area contributed by atoms with Gasteiger partial charge < -0.3 is 9.84 Å². The molecule has 114 valence electrons. The number of hydrogen-bond donors (Lipinski definition) is 1. The Morgan fingerprint density at radius 1 is 1.43 bits per heavy atom. The fourth-order valence-corrected chi connectivity index (χ4v) is 1.75. The molecule has 1 rings (SSSR count). The Balaban J connectivity index is 2.59. The summed E-state index contributed by atoms with van der Waals surface area (Å²) in [7, 11) is 0. The van der Waals surface area contributed by atoms with Crippen molar-refractivity contribution in [1.82, 2.24) is 0 Å². The third kappa shape index (κ3) is 5.35. The van der Waals surface area contributed by atoms with Gasteiger partial charge in [-0.25, -0.2) is 0 Å². The van der Waals surface area contributed by atoms with Crippen LogP contribution in [-0.4, -0.2) is 22.6 Å². The molecule has 2 atom stereocenters. The third-order valence-electron chi connectivity index (χ3n) is 3.18. The first kappa shape index (κ1) is 16.8. The molecule has 0 bridgehead atoms. The molecule has 0 spiro atoms. The molecule has 1 N–H and O–H groups in total. The number of hydrogen-bond acceptors (Lipinski definition) is 5. The van der Waals surface area contributed by atoms with E-state index in [1.807, 2.05) is 6.92 Å². The highest BCUT2D eigenvalue weighted by molar-refractivity contribution is 5.65. The van der Waals surface area contributed by atoms with E-state index in [1.54, 1.807) is 0 Å². The van der Waals surface area contributed by atoms with Gasteiger partial charge in [0.15, 0.2) is 0 Å². The largest absolute Gasteiger partial charge is 0.465 e. The number of nitro benzene ring substituents is 1. The van der Waals surface area contributed by atoms with Gasteiger partial charge in [-0.15, -0.1) is 0 Å². The quantitative estimate of drug-likeness (QED) is 0.361. The van der Waals surface area contributed by atoms with Crippen LogP contribution in [0.1, 0.15) is 31.9 Å². The molecule has 0 saturated carbocycles. The molecule has 21 heavy (non-hydrogen) atoms. The number of nitrogens with zero attached hydrogens (tertiary/aromatic N) is 1. The van der Waals surface area contributed by atoms with Crippen molar-refractivity contribution in [3.63, 3.8) is 0 Å². The van der Waals surface area contributed by atoms with Gasteiger partial charge in [-0.05, 0) is 24.1 Å². The zero-order valence-electron chi connectivity index (χ0n) is 12.1.